The largest absolute Gasteiger partial charge is 0.508 e. The number of amides is 12. The molecule has 24 N–H and O–H groups in total. The van der Waals surface area contributed by atoms with Crippen molar-refractivity contribution < 1.29 is 108 Å². The average Bonchev–Trinajstić information content (AvgIpc) is 0.830. The zero-order valence-electron chi connectivity index (χ0n) is 57.8. The predicted octanol–water partition coefficient (Wildman–Crippen LogP) is -5.13. The molecule has 14 atom stereocenters. The molecule has 0 saturated heterocycles. The molecule has 568 valence electrons. The number of thioether (sulfide) groups is 1. The van der Waals surface area contributed by atoms with Gasteiger partial charge in [-0.2, -0.15) is 11.8 Å². The fraction of sp³-hybridized carbons (Fsp3) is 0.585. The lowest BCUT2D eigenvalue weighted by molar-refractivity contribution is -0.143. The number of primary amides is 1. The van der Waals surface area contributed by atoms with Gasteiger partial charge < -0.3 is 111 Å². The van der Waals surface area contributed by atoms with Crippen LogP contribution in [0.1, 0.15) is 116 Å². The third-order valence-electron chi connectivity index (χ3n) is 15.9. The minimum absolute atomic E-state index is 0.0858. The number of hydrogen-bond donors (Lipinski definition) is 21. The third-order valence-corrected chi connectivity index (χ3v) is 16.5. The number of phenols is 1. The van der Waals surface area contributed by atoms with E-state index in [0.29, 0.717) is 17.5 Å². The lowest BCUT2D eigenvalue weighted by atomic mass is 9.97. The van der Waals surface area contributed by atoms with Crippen LogP contribution in [-0.2, 0) is 84.8 Å². The van der Waals surface area contributed by atoms with Crippen molar-refractivity contribution in [2.24, 2.45) is 29.0 Å². The minimum Gasteiger partial charge on any atom is -0.508 e. The lowest BCUT2D eigenvalue weighted by Gasteiger charge is -2.30. The van der Waals surface area contributed by atoms with Gasteiger partial charge >= 0.3 is 17.9 Å². The summed E-state index contributed by atoms with van der Waals surface area (Å²) in [4.78, 5) is 201. The average molecular weight is 1460 g/mol. The van der Waals surface area contributed by atoms with Gasteiger partial charge in [-0.1, -0.05) is 76.6 Å². The molecule has 2 rings (SSSR count). The number of nitrogens with one attached hydrogen (secondary N) is 11. The topological polar surface area (TPSA) is 608 Å². The van der Waals surface area contributed by atoms with E-state index in [2.05, 4.69) is 58.5 Å². The molecule has 0 heterocycles. The van der Waals surface area contributed by atoms with Crippen molar-refractivity contribution in [2.45, 2.75) is 197 Å². The second kappa shape index (κ2) is 46.1. The molecule has 0 saturated carbocycles. The van der Waals surface area contributed by atoms with Gasteiger partial charge in [0.25, 0.3) is 0 Å². The van der Waals surface area contributed by atoms with E-state index in [1.165, 1.54) is 43.0 Å². The summed E-state index contributed by atoms with van der Waals surface area (Å²) in [5.74, 6) is -18.0. The van der Waals surface area contributed by atoms with Crippen molar-refractivity contribution in [1.29, 1.82) is 0 Å². The van der Waals surface area contributed by atoms with Gasteiger partial charge in [0, 0.05) is 25.7 Å². The van der Waals surface area contributed by atoms with E-state index < -0.39 is 219 Å². The summed E-state index contributed by atoms with van der Waals surface area (Å²) >= 11 is 1.23. The summed E-state index contributed by atoms with van der Waals surface area (Å²) in [6.45, 7) is 5.70. The molecule has 2 aromatic rings. The minimum atomic E-state index is -1.85. The molecule has 0 radical (unpaired) electrons. The summed E-state index contributed by atoms with van der Waals surface area (Å²) in [6, 6.07) is -6.20. The number of benzene rings is 2. The van der Waals surface area contributed by atoms with Gasteiger partial charge in [-0.25, -0.2) is 4.79 Å². The first-order valence-electron chi connectivity index (χ1n) is 33.0. The van der Waals surface area contributed by atoms with Crippen LogP contribution in [0.5, 0.6) is 5.75 Å². The highest BCUT2D eigenvalue weighted by atomic mass is 32.2. The quantitative estimate of drug-likeness (QED) is 0.0276. The Morgan fingerprint density at radius 1 is 0.471 bits per heavy atom. The SMILES string of the molecule is CC[C@H](C)[C@H](NC(=O)[C@H](CO)NC(=O)[C@@H](N)CC(=O)O)C(=O)N[C@H](C(=O)N[C@@H](CCCCN)C(=O)N[C@@H](Cc1ccc(O)cc1)C(=O)N[C@@H](Cc1ccccc1)C(=O)N[C@@H](CCC(N)=O)C(=O)N[C@@H](CCSC)C(=O)N[C@@H](CO)C(=O)N[C@@H](CC(C)C)C(=O)N[C@@H](CCC(=O)O)C(=O)O)[C@@H](C)O. The fourth-order valence-corrected chi connectivity index (χ4v) is 10.4. The summed E-state index contributed by atoms with van der Waals surface area (Å²) in [7, 11) is 0. The number of aromatic hydroxyl groups is 1. The van der Waals surface area contributed by atoms with Crippen LogP contribution in [0.15, 0.2) is 54.6 Å². The molecular weight excluding hydrogens is 1360 g/mol. The van der Waals surface area contributed by atoms with Gasteiger partial charge in [-0.15, -0.1) is 0 Å². The van der Waals surface area contributed by atoms with Crippen LogP contribution in [0.25, 0.3) is 0 Å². The number of hydrogen-bond acceptors (Lipinski definition) is 22. The molecule has 0 aliphatic heterocycles. The molecule has 102 heavy (non-hydrogen) atoms. The van der Waals surface area contributed by atoms with Gasteiger partial charge in [0.1, 0.15) is 72.2 Å². The number of aliphatic hydroxyl groups excluding tert-OH is 3. The van der Waals surface area contributed by atoms with Crippen LogP contribution in [0.4, 0.5) is 0 Å². The Hall–Kier alpha value is -9.56. The predicted molar refractivity (Wildman–Crippen MR) is 367 cm³/mol. The number of unbranched alkanes of at least 4 members (excludes halogenated alkanes) is 1. The second-order valence-electron chi connectivity index (χ2n) is 24.8. The van der Waals surface area contributed by atoms with E-state index in [4.69, 9.17) is 27.4 Å². The van der Waals surface area contributed by atoms with Crippen LogP contribution < -0.4 is 75.7 Å². The Kier molecular flexibility index (Phi) is 40.0. The molecule has 36 nitrogen and oxygen atoms in total. The maximum absolute atomic E-state index is 14.9. The Bertz CT molecular complexity index is 3150. The molecule has 0 aromatic heterocycles. The van der Waals surface area contributed by atoms with Crippen molar-refractivity contribution in [1.82, 2.24) is 58.5 Å². The molecule has 0 aliphatic rings. The molecule has 0 aliphatic carbocycles. The molecule has 2 aromatic carbocycles. The summed E-state index contributed by atoms with van der Waals surface area (Å²) < 4.78 is 0. The first-order valence-corrected chi connectivity index (χ1v) is 34.4. The van der Waals surface area contributed by atoms with Crippen LogP contribution in [0.3, 0.4) is 0 Å². The van der Waals surface area contributed by atoms with Crippen LogP contribution in [0, 0.1) is 11.8 Å². The summed E-state index contributed by atoms with van der Waals surface area (Å²) in [6.07, 6.45) is -3.36. The van der Waals surface area contributed by atoms with Crippen LogP contribution >= 0.6 is 11.8 Å². The highest BCUT2D eigenvalue weighted by molar-refractivity contribution is 7.98. The number of carbonyl (C=O) groups is 15. The van der Waals surface area contributed by atoms with Crippen molar-refractivity contribution in [3.05, 3.63) is 65.7 Å². The van der Waals surface area contributed by atoms with E-state index in [-0.39, 0.29) is 68.9 Å². The first-order chi connectivity index (χ1) is 48.1. The van der Waals surface area contributed by atoms with Crippen LogP contribution in [0.2, 0.25) is 0 Å². The second-order valence-corrected chi connectivity index (χ2v) is 25.7. The number of aliphatic carboxylic acids is 3. The van der Waals surface area contributed by atoms with Crippen molar-refractivity contribution in [3.63, 3.8) is 0 Å². The van der Waals surface area contributed by atoms with E-state index in [1.54, 1.807) is 57.4 Å². The first kappa shape index (κ1) is 88.5. The number of phenolic OH excluding ortho intramolecular Hbond substituents is 1. The maximum Gasteiger partial charge on any atom is 0.326 e. The highest BCUT2D eigenvalue weighted by Crippen LogP contribution is 2.16. The maximum atomic E-state index is 14.9. The van der Waals surface area contributed by atoms with Crippen molar-refractivity contribution >= 4 is 101 Å². The highest BCUT2D eigenvalue weighted by Gasteiger charge is 2.39. The van der Waals surface area contributed by atoms with Crippen molar-refractivity contribution in [2.75, 3.05) is 31.8 Å². The van der Waals surface area contributed by atoms with Gasteiger partial charge in [-0.3, -0.25) is 67.1 Å². The molecule has 12 amide bonds. The molecule has 0 spiro atoms. The number of carbonyl (C=O) groups excluding carboxylic acids is 12. The summed E-state index contributed by atoms with van der Waals surface area (Å²) in [5, 5.41) is 95.9. The molecule has 0 fully saturated rings. The van der Waals surface area contributed by atoms with Gasteiger partial charge in [0.2, 0.25) is 70.9 Å². The van der Waals surface area contributed by atoms with Gasteiger partial charge in [0.15, 0.2) is 0 Å². The van der Waals surface area contributed by atoms with E-state index in [0.717, 1.165) is 6.92 Å². The zero-order chi connectivity index (χ0) is 76.9. The number of aliphatic hydroxyl groups is 3. The van der Waals surface area contributed by atoms with Crippen LogP contribution in [-0.4, -0.2) is 235 Å². The Labute approximate surface area is 593 Å². The zero-order valence-corrected chi connectivity index (χ0v) is 58.6. The Morgan fingerprint density at radius 2 is 0.882 bits per heavy atom. The smallest absolute Gasteiger partial charge is 0.326 e. The van der Waals surface area contributed by atoms with E-state index >= 15 is 0 Å². The number of carboxylic acid groups (broad SMARTS) is 3. The lowest BCUT2D eigenvalue weighted by Crippen LogP contribution is -2.63. The van der Waals surface area contributed by atoms with E-state index in [1.807, 2.05) is 0 Å². The molecular formula is C65H100N14O22S. The molecule has 37 heteroatoms. The van der Waals surface area contributed by atoms with E-state index in [9.17, 15) is 97.5 Å². The molecule has 0 unspecified atom stereocenters. The monoisotopic (exact) mass is 1460 g/mol. The standard InChI is InChI=1S/C65H100N14O22S/c1-7-34(4)52(78-62(97)48(32-81)76-54(89)39(67)30-51(87)88)63(98)79-53(35(5)82)64(99)71-40(15-11-12-25-66)55(90)74-46(29-37-16-18-38(83)19-17-37)60(95)75-45(28-36-13-9-8-10-14-36)59(94)69-41(20-22-49(68)84)56(91)70-42(24-26-102-6)57(92)77-47(31-80)61(96)73-44(27-33(2)3)58(93)72-43(65(100)101)21-23-50(85)86/h8-10,13-14,16-19,33-35,39-48,52-53,80-83H,7,11-12,15,20-32,66-67H2,1-6H3,(H2,68,84)(H,69,94)(H,70,91)(H,71,99)(H,72,93)(H,73,96)(H,74,90)(H,75,95)(H,76,89)(H,77,92)(H,78,97)(H,79,98)(H,85,86)(H,87,88)(H,100,101)/t34-,35+,39-,40-,41-,42-,43-,44-,45-,46-,47-,48-,52-,53-/m0/s1. The third kappa shape index (κ3) is 32.4. The summed E-state index contributed by atoms with van der Waals surface area (Å²) in [5.41, 5.74) is 17.7. The Balaban J connectivity index is 2.61. The number of rotatable bonds is 49. The molecule has 0 bridgehead atoms. The van der Waals surface area contributed by atoms with Gasteiger partial charge in [-0.05, 0) is 106 Å². The van der Waals surface area contributed by atoms with Crippen molar-refractivity contribution in [3.8, 4) is 5.75 Å². The Morgan fingerprint density at radius 3 is 1.35 bits per heavy atom. The number of carboxylic acids is 3. The fourth-order valence-electron chi connectivity index (χ4n) is 9.91. The van der Waals surface area contributed by atoms with Gasteiger partial charge in [0.05, 0.1) is 31.8 Å². The normalized spacial score (nSPS) is 15.3. The number of nitrogens with two attached hydrogens (primary N) is 3.